The number of ether oxygens (including phenoxy) is 1. The topological polar surface area (TPSA) is 129 Å². The molecule has 0 spiro atoms. The standard InChI is InChI=1S/C17H13N5O5S/c23-16(11-21-10-13(9-19-21)22(25)26)20-18-8-12-4-1-2-5-14(12)27-17(24)15-6-3-7-28-15/h1-10H,11H2,(H,20,23). The summed E-state index contributed by atoms with van der Waals surface area (Å²) in [6, 6.07) is 10.1. The highest BCUT2D eigenvalue weighted by Gasteiger charge is 2.12. The molecule has 0 aliphatic rings. The van der Waals surface area contributed by atoms with Gasteiger partial charge in [0.05, 0.1) is 11.1 Å². The first-order chi connectivity index (χ1) is 13.5. The van der Waals surface area contributed by atoms with Crippen molar-refractivity contribution in [2.24, 2.45) is 5.10 Å². The van der Waals surface area contributed by atoms with Gasteiger partial charge in [0.15, 0.2) is 0 Å². The molecule has 28 heavy (non-hydrogen) atoms. The molecule has 0 radical (unpaired) electrons. The second-order valence-corrected chi connectivity index (χ2v) is 6.30. The number of esters is 1. The van der Waals surface area contributed by atoms with E-state index in [-0.39, 0.29) is 12.2 Å². The van der Waals surface area contributed by atoms with E-state index in [1.165, 1.54) is 17.6 Å². The number of thiophene rings is 1. The number of hydrogen-bond donors (Lipinski definition) is 1. The molecular weight excluding hydrogens is 386 g/mol. The number of aromatic nitrogens is 2. The fourth-order valence-corrected chi connectivity index (χ4v) is 2.71. The second-order valence-electron chi connectivity index (χ2n) is 5.35. The zero-order valence-electron chi connectivity index (χ0n) is 14.2. The minimum Gasteiger partial charge on any atom is -0.422 e. The summed E-state index contributed by atoms with van der Waals surface area (Å²) in [5.41, 5.74) is 2.57. The Morgan fingerprint density at radius 1 is 1.32 bits per heavy atom. The van der Waals surface area contributed by atoms with Gasteiger partial charge in [-0.2, -0.15) is 10.2 Å². The van der Waals surface area contributed by atoms with Crippen molar-refractivity contribution in [1.82, 2.24) is 15.2 Å². The summed E-state index contributed by atoms with van der Waals surface area (Å²) in [5.74, 6) is -0.718. The van der Waals surface area contributed by atoms with Gasteiger partial charge in [0.2, 0.25) is 0 Å². The molecule has 0 saturated carbocycles. The average Bonchev–Trinajstić information content (AvgIpc) is 3.35. The van der Waals surface area contributed by atoms with Crippen molar-refractivity contribution in [1.29, 1.82) is 0 Å². The number of nitrogens with one attached hydrogen (secondary N) is 1. The molecule has 0 fully saturated rings. The Bertz CT molecular complexity index is 1030. The molecule has 142 valence electrons. The van der Waals surface area contributed by atoms with Crippen LogP contribution in [0.15, 0.2) is 59.3 Å². The normalized spacial score (nSPS) is 10.7. The van der Waals surface area contributed by atoms with E-state index < -0.39 is 16.8 Å². The first-order valence-corrected chi connectivity index (χ1v) is 8.74. The van der Waals surface area contributed by atoms with Gasteiger partial charge in [-0.15, -0.1) is 11.3 Å². The summed E-state index contributed by atoms with van der Waals surface area (Å²) in [6.07, 6.45) is 3.53. The lowest BCUT2D eigenvalue weighted by molar-refractivity contribution is -0.385. The monoisotopic (exact) mass is 399 g/mol. The first kappa shape index (κ1) is 18.9. The number of nitro groups is 1. The molecule has 0 bridgehead atoms. The van der Waals surface area contributed by atoms with Crippen LogP contribution in [0.2, 0.25) is 0 Å². The van der Waals surface area contributed by atoms with Crippen molar-refractivity contribution in [2.45, 2.75) is 6.54 Å². The summed E-state index contributed by atoms with van der Waals surface area (Å²) >= 11 is 1.27. The number of benzene rings is 1. The molecule has 10 nitrogen and oxygen atoms in total. The van der Waals surface area contributed by atoms with Crippen molar-refractivity contribution in [2.75, 3.05) is 0 Å². The number of rotatable bonds is 7. The van der Waals surface area contributed by atoms with Gasteiger partial charge in [-0.3, -0.25) is 19.6 Å². The SMILES string of the molecule is O=C(Cn1cc([N+](=O)[O-])cn1)NN=Cc1ccccc1OC(=O)c1cccs1. The Morgan fingerprint density at radius 3 is 2.86 bits per heavy atom. The lowest BCUT2D eigenvalue weighted by Crippen LogP contribution is -2.23. The number of carbonyl (C=O) groups excluding carboxylic acids is 2. The maximum absolute atomic E-state index is 12.1. The summed E-state index contributed by atoms with van der Waals surface area (Å²) in [7, 11) is 0. The number of hydrogen-bond acceptors (Lipinski definition) is 8. The molecule has 2 heterocycles. The predicted molar refractivity (Wildman–Crippen MR) is 100 cm³/mol. The predicted octanol–water partition coefficient (Wildman–Crippen LogP) is 2.22. The summed E-state index contributed by atoms with van der Waals surface area (Å²) in [4.78, 5) is 34.4. The highest BCUT2D eigenvalue weighted by atomic mass is 32.1. The molecule has 0 aliphatic heterocycles. The van der Waals surface area contributed by atoms with Gasteiger partial charge in [-0.1, -0.05) is 18.2 Å². The molecule has 3 rings (SSSR count). The second kappa shape index (κ2) is 8.68. The van der Waals surface area contributed by atoms with Crippen LogP contribution < -0.4 is 10.2 Å². The van der Waals surface area contributed by atoms with Gasteiger partial charge in [0.1, 0.15) is 29.6 Å². The minimum absolute atomic E-state index is 0.210. The number of hydrazone groups is 1. The van der Waals surface area contributed by atoms with Gasteiger partial charge < -0.3 is 4.74 Å². The Hall–Kier alpha value is -3.86. The molecule has 3 aromatic rings. The van der Waals surface area contributed by atoms with Gasteiger partial charge in [0.25, 0.3) is 5.91 Å². The maximum atomic E-state index is 12.1. The number of para-hydroxylation sites is 1. The van der Waals surface area contributed by atoms with Crippen molar-refractivity contribution in [3.05, 3.63) is 74.7 Å². The van der Waals surface area contributed by atoms with Crippen LogP contribution in [0.5, 0.6) is 5.75 Å². The molecule has 2 aromatic heterocycles. The lowest BCUT2D eigenvalue weighted by atomic mass is 10.2. The van der Waals surface area contributed by atoms with Gasteiger partial charge in [-0.25, -0.2) is 10.2 Å². The van der Waals surface area contributed by atoms with E-state index in [1.54, 1.807) is 41.8 Å². The van der Waals surface area contributed by atoms with Crippen molar-refractivity contribution in [3.63, 3.8) is 0 Å². The van der Waals surface area contributed by atoms with Crippen LogP contribution >= 0.6 is 11.3 Å². The zero-order chi connectivity index (χ0) is 19.9. The summed E-state index contributed by atoms with van der Waals surface area (Å²) in [6.45, 7) is -0.236. The quantitative estimate of drug-likeness (QED) is 0.213. The highest BCUT2D eigenvalue weighted by Crippen LogP contribution is 2.19. The van der Waals surface area contributed by atoms with E-state index >= 15 is 0 Å². The summed E-state index contributed by atoms with van der Waals surface area (Å²) < 4.78 is 6.48. The van der Waals surface area contributed by atoms with E-state index in [4.69, 9.17) is 4.74 Å². The van der Waals surface area contributed by atoms with Crippen LogP contribution in [-0.4, -0.2) is 32.8 Å². The van der Waals surface area contributed by atoms with Crippen molar-refractivity contribution in [3.8, 4) is 5.75 Å². The third kappa shape index (κ3) is 4.86. The van der Waals surface area contributed by atoms with Crippen LogP contribution in [0.25, 0.3) is 0 Å². The van der Waals surface area contributed by atoms with E-state index in [0.29, 0.717) is 16.2 Å². The fourth-order valence-electron chi connectivity index (χ4n) is 2.11. The molecule has 1 aromatic carbocycles. The smallest absolute Gasteiger partial charge is 0.353 e. The molecule has 11 heteroatoms. The number of amides is 1. The molecule has 0 saturated heterocycles. The molecule has 0 unspecified atom stereocenters. The molecular formula is C17H13N5O5S. The van der Waals surface area contributed by atoms with Gasteiger partial charge in [0, 0.05) is 5.56 Å². The first-order valence-electron chi connectivity index (χ1n) is 7.86. The Labute approximate surface area is 162 Å². The van der Waals surface area contributed by atoms with Crippen LogP contribution in [0.3, 0.4) is 0 Å². The van der Waals surface area contributed by atoms with E-state index in [2.05, 4.69) is 15.6 Å². The van der Waals surface area contributed by atoms with Crippen molar-refractivity contribution < 1.29 is 19.2 Å². The third-order valence-corrected chi connectivity index (χ3v) is 4.22. The minimum atomic E-state index is -0.603. The van der Waals surface area contributed by atoms with Crippen LogP contribution in [0.4, 0.5) is 5.69 Å². The Balaban J connectivity index is 1.60. The number of nitrogens with zero attached hydrogens (tertiary/aromatic N) is 4. The van der Waals surface area contributed by atoms with Gasteiger partial charge in [-0.05, 0) is 23.6 Å². The molecule has 0 atom stereocenters. The highest BCUT2D eigenvalue weighted by molar-refractivity contribution is 7.12. The van der Waals surface area contributed by atoms with Crippen LogP contribution in [-0.2, 0) is 11.3 Å². The van der Waals surface area contributed by atoms with E-state index in [0.717, 1.165) is 17.1 Å². The number of carbonyl (C=O) groups is 2. The Morgan fingerprint density at radius 2 is 2.14 bits per heavy atom. The Kier molecular flexibility index (Phi) is 5.87. The van der Waals surface area contributed by atoms with Crippen LogP contribution in [0, 0.1) is 10.1 Å². The average molecular weight is 399 g/mol. The molecule has 0 aliphatic carbocycles. The zero-order valence-corrected chi connectivity index (χ0v) is 15.0. The summed E-state index contributed by atoms with van der Waals surface area (Å²) in [5, 5.41) is 19.9. The van der Waals surface area contributed by atoms with Crippen LogP contribution in [0.1, 0.15) is 15.2 Å². The largest absolute Gasteiger partial charge is 0.422 e. The van der Waals surface area contributed by atoms with E-state index in [1.807, 2.05) is 0 Å². The maximum Gasteiger partial charge on any atom is 0.353 e. The third-order valence-electron chi connectivity index (χ3n) is 3.37. The fraction of sp³-hybridized carbons (Fsp3) is 0.0588. The van der Waals surface area contributed by atoms with Crippen molar-refractivity contribution >= 4 is 35.1 Å². The van der Waals surface area contributed by atoms with E-state index in [9.17, 15) is 19.7 Å². The molecule has 1 amide bonds. The molecule has 1 N–H and O–H groups in total. The lowest BCUT2D eigenvalue weighted by Gasteiger charge is -2.06. The van der Waals surface area contributed by atoms with Gasteiger partial charge >= 0.3 is 11.7 Å².